The first kappa shape index (κ1) is 12.3. The molecular formula is C9H13N5O2. The van der Waals surface area contributed by atoms with E-state index in [9.17, 15) is 10.2 Å². The molecule has 0 aliphatic carbocycles. The van der Waals surface area contributed by atoms with Crippen LogP contribution < -0.4 is 5.73 Å². The van der Waals surface area contributed by atoms with E-state index in [2.05, 4.69) is 15.0 Å². The van der Waals surface area contributed by atoms with Gasteiger partial charge in [-0.25, -0.2) is 0 Å². The normalized spacial score (nSPS) is 13.9. The highest BCUT2D eigenvalue weighted by molar-refractivity contribution is 5.34. The summed E-state index contributed by atoms with van der Waals surface area (Å²) >= 11 is 0. The molecule has 0 saturated carbocycles. The Morgan fingerprint density at radius 1 is 1.50 bits per heavy atom. The van der Waals surface area contributed by atoms with Gasteiger partial charge in [-0.3, -0.25) is 4.98 Å². The molecule has 1 aromatic rings. The summed E-state index contributed by atoms with van der Waals surface area (Å²) < 4.78 is 0. The van der Waals surface area contributed by atoms with Crippen LogP contribution in [0.5, 0.6) is 0 Å². The largest absolute Gasteiger partial charge is 0.397 e. The Kier molecular flexibility index (Phi) is 4.53. The lowest BCUT2D eigenvalue weighted by molar-refractivity contribution is 0.0125. The van der Waals surface area contributed by atoms with Crippen molar-refractivity contribution in [1.29, 1.82) is 0 Å². The van der Waals surface area contributed by atoms with E-state index in [0.29, 0.717) is 11.4 Å². The SMILES string of the molecule is [N-]=[N+]=NCCC(O)C(O)c1ccc(N)cn1. The highest BCUT2D eigenvalue weighted by atomic mass is 16.3. The second-order valence-electron chi connectivity index (χ2n) is 3.27. The van der Waals surface area contributed by atoms with Crippen molar-refractivity contribution in [3.8, 4) is 0 Å². The molecule has 2 atom stereocenters. The Hall–Kier alpha value is -1.82. The molecule has 0 saturated heterocycles. The van der Waals surface area contributed by atoms with Crippen molar-refractivity contribution >= 4 is 5.69 Å². The Morgan fingerprint density at radius 3 is 2.81 bits per heavy atom. The van der Waals surface area contributed by atoms with Crippen LogP contribution in [0.3, 0.4) is 0 Å². The molecule has 1 rings (SSSR count). The number of anilines is 1. The predicted octanol–water partition coefficient (Wildman–Crippen LogP) is 0.759. The zero-order valence-corrected chi connectivity index (χ0v) is 8.56. The summed E-state index contributed by atoms with van der Waals surface area (Å²) in [5.74, 6) is 0. The van der Waals surface area contributed by atoms with Gasteiger partial charge in [-0.05, 0) is 24.1 Å². The van der Waals surface area contributed by atoms with Crippen LogP contribution in [0, 0.1) is 0 Å². The number of azide groups is 1. The van der Waals surface area contributed by atoms with Gasteiger partial charge in [0, 0.05) is 11.5 Å². The van der Waals surface area contributed by atoms with E-state index in [1.165, 1.54) is 12.3 Å². The summed E-state index contributed by atoms with van der Waals surface area (Å²) in [5.41, 5.74) is 14.3. The molecular weight excluding hydrogens is 210 g/mol. The second kappa shape index (κ2) is 5.92. The number of aromatic nitrogens is 1. The van der Waals surface area contributed by atoms with Crippen molar-refractivity contribution in [1.82, 2.24) is 4.98 Å². The zero-order chi connectivity index (χ0) is 12.0. The van der Waals surface area contributed by atoms with Crippen LogP contribution in [0.4, 0.5) is 5.69 Å². The minimum Gasteiger partial charge on any atom is -0.397 e. The molecule has 7 heteroatoms. The number of hydrogen-bond donors (Lipinski definition) is 3. The average molecular weight is 223 g/mol. The summed E-state index contributed by atoms with van der Waals surface area (Å²) in [4.78, 5) is 6.44. The minimum absolute atomic E-state index is 0.129. The molecule has 1 heterocycles. The number of rotatable bonds is 5. The first-order valence-electron chi connectivity index (χ1n) is 4.73. The van der Waals surface area contributed by atoms with E-state index < -0.39 is 12.2 Å². The van der Waals surface area contributed by atoms with Crippen LogP contribution in [0.1, 0.15) is 18.2 Å². The lowest BCUT2D eigenvalue weighted by Crippen LogP contribution is -2.20. The fourth-order valence-corrected chi connectivity index (χ4v) is 1.18. The zero-order valence-electron chi connectivity index (χ0n) is 8.56. The quantitative estimate of drug-likeness (QED) is 0.386. The number of aliphatic hydroxyl groups excluding tert-OH is 2. The first-order valence-corrected chi connectivity index (χ1v) is 4.73. The monoisotopic (exact) mass is 223 g/mol. The highest BCUT2D eigenvalue weighted by Crippen LogP contribution is 2.17. The van der Waals surface area contributed by atoms with E-state index in [1.54, 1.807) is 6.07 Å². The molecule has 4 N–H and O–H groups in total. The van der Waals surface area contributed by atoms with Crippen LogP contribution in [-0.2, 0) is 0 Å². The van der Waals surface area contributed by atoms with Crippen molar-refractivity contribution in [2.24, 2.45) is 5.11 Å². The smallest absolute Gasteiger partial charge is 0.122 e. The van der Waals surface area contributed by atoms with E-state index in [-0.39, 0.29) is 13.0 Å². The van der Waals surface area contributed by atoms with Gasteiger partial charge in [0.2, 0.25) is 0 Å². The molecule has 0 amide bonds. The molecule has 2 unspecified atom stereocenters. The van der Waals surface area contributed by atoms with E-state index in [0.717, 1.165) is 0 Å². The maximum absolute atomic E-state index is 9.69. The summed E-state index contributed by atoms with van der Waals surface area (Å²) in [6.07, 6.45) is -0.535. The second-order valence-corrected chi connectivity index (χ2v) is 3.27. The van der Waals surface area contributed by atoms with Crippen molar-refractivity contribution in [2.75, 3.05) is 12.3 Å². The third-order valence-electron chi connectivity index (χ3n) is 2.06. The molecule has 16 heavy (non-hydrogen) atoms. The van der Waals surface area contributed by atoms with Crippen molar-refractivity contribution in [3.05, 3.63) is 34.5 Å². The Balaban J connectivity index is 2.58. The molecule has 86 valence electrons. The Bertz CT molecular complexity index is 374. The van der Waals surface area contributed by atoms with Gasteiger partial charge >= 0.3 is 0 Å². The number of nitrogens with zero attached hydrogens (tertiary/aromatic N) is 4. The van der Waals surface area contributed by atoms with Crippen molar-refractivity contribution in [3.63, 3.8) is 0 Å². The topological polar surface area (TPSA) is 128 Å². The van der Waals surface area contributed by atoms with Gasteiger partial charge in [0.1, 0.15) is 6.10 Å². The van der Waals surface area contributed by atoms with Gasteiger partial charge in [-0.2, -0.15) is 0 Å². The third kappa shape index (κ3) is 3.39. The van der Waals surface area contributed by atoms with E-state index in [1.807, 2.05) is 0 Å². The number of nitrogens with two attached hydrogens (primary N) is 1. The summed E-state index contributed by atoms with van der Waals surface area (Å²) in [6, 6.07) is 3.13. The number of pyridine rings is 1. The molecule has 0 fully saturated rings. The number of hydrogen-bond acceptors (Lipinski definition) is 5. The lowest BCUT2D eigenvalue weighted by atomic mass is 10.1. The first-order chi connectivity index (χ1) is 7.65. The van der Waals surface area contributed by atoms with Crippen molar-refractivity contribution < 1.29 is 10.2 Å². The molecule has 0 bridgehead atoms. The maximum Gasteiger partial charge on any atom is 0.122 e. The van der Waals surface area contributed by atoms with Crippen LogP contribution in [0.15, 0.2) is 23.4 Å². The van der Waals surface area contributed by atoms with Crippen LogP contribution in [0.25, 0.3) is 10.4 Å². The predicted molar refractivity (Wildman–Crippen MR) is 58.2 cm³/mol. The minimum atomic E-state index is -1.10. The van der Waals surface area contributed by atoms with Gasteiger partial charge in [-0.15, -0.1) is 0 Å². The Labute approximate surface area is 92.2 Å². The van der Waals surface area contributed by atoms with Gasteiger partial charge in [0.15, 0.2) is 0 Å². The molecule has 1 aromatic heterocycles. The van der Waals surface area contributed by atoms with Crippen molar-refractivity contribution in [2.45, 2.75) is 18.6 Å². The number of aliphatic hydroxyl groups is 2. The van der Waals surface area contributed by atoms with Gasteiger partial charge in [0.05, 0.1) is 23.7 Å². The third-order valence-corrected chi connectivity index (χ3v) is 2.06. The van der Waals surface area contributed by atoms with Gasteiger partial charge in [-0.1, -0.05) is 5.11 Å². The highest BCUT2D eigenvalue weighted by Gasteiger charge is 2.18. The average Bonchev–Trinajstić information content (AvgIpc) is 2.29. The van der Waals surface area contributed by atoms with E-state index in [4.69, 9.17) is 11.3 Å². The molecule has 0 aliphatic heterocycles. The van der Waals surface area contributed by atoms with Crippen LogP contribution >= 0.6 is 0 Å². The maximum atomic E-state index is 9.69. The fourth-order valence-electron chi connectivity index (χ4n) is 1.18. The van der Waals surface area contributed by atoms with E-state index >= 15 is 0 Å². The summed E-state index contributed by atoms with van der Waals surface area (Å²) in [7, 11) is 0. The standard InChI is InChI=1S/C9H13N5O2/c10-6-1-2-7(12-5-6)9(16)8(15)3-4-13-14-11/h1-2,5,8-9,15-16H,3-4,10H2. The van der Waals surface area contributed by atoms with Crippen LogP contribution in [0.2, 0.25) is 0 Å². The Morgan fingerprint density at radius 2 is 2.25 bits per heavy atom. The molecule has 0 aromatic carbocycles. The fraction of sp³-hybridized carbons (Fsp3) is 0.444. The molecule has 7 nitrogen and oxygen atoms in total. The summed E-state index contributed by atoms with van der Waals surface area (Å²) in [6.45, 7) is 0.129. The molecule has 0 aliphatic rings. The van der Waals surface area contributed by atoms with Gasteiger partial charge < -0.3 is 15.9 Å². The summed E-state index contributed by atoms with van der Waals surface area (Å²) in [5, 5.41) is 22.5. The molecule has 0 radical (unpaired) electrons. The lowest BCUT2D eigenvalue weighted by Gasteiger charge is -2.16. The number of nitrogen functional groups attached to an aromatic ring is 1. The molecule has 0 spiro atoms. The van der Waals surface area contributed by atoms with Crippen LogP contribution in [-0.4, -0.2) is 27.8 Å². The van der Waals surface area contributed by atoms with Gasteiger partial charge in [0.25, 0.3) is 0 Å².